The van der Waals surface area contributed by atoms with Crippen molar-refractivity contribution in [3.05, 3.63) is 53.6 Å². The molecule has 1 atom stereocenters. The van der Waals surface area contributed by atoms with E-state index in [4.69, 9.17) is 14.2 Å². The SMILES string of the molecule is COc1ccc(OC)c(CC(=O)N(C)[C@H](C)c2ccccc2OC)c1. The van der Waals surface area contributed by atoms with Gasteiger partial charge in [-0.2, -0.15) is 0 Å². The Morgan fingerprint density at radius 1 is 1.00 bits per heavy atom. The number of ether oxygens (including phenoxy) is 3. The molecule has 0 aliphatic heterocycles. The van der Waals surface area contributed by atoms with Crippen molar-refractivity contribution in [1.29, 1.82) is 0 Å². The standard InChI is InChI=1S/C20H25NO4/c1-14(17-8-6-7-9-19(17)25-5)21(2)20(22)13-15-12-16(23-3)10-11-18(15)24-4/h6-12,14H,13H2,1-5H3/t14-/m1/s1. The highest BCUT2D eigenvalue weighted by atomic mass is 16.5. The Morgan fingerprint density at radius 3 is 2.32 bits per heavy atom. The summed E-state index contributed by atoms with van der Waals surface area (Å²) in [5.41, 5.74) is 1.77. The van der Waals surface area contributed by atoms with Gasteiger partial charge < -0.3 is 19.1 Å². The molecule has 134 valence electrons. The van der Waals surface area contributed by atoms with E-state index >= 15 is 0 Å². The van der Waals surface area contributed by atoms with Crippen LogP contribution < -0.4 is 14.2 Å². The van der Waals surface area contributed by atoms with Crippen LogP contribution in [0.2, 0.25) is 0 Å². The molecule has 0 saturated heterocycles. The number of nitrogens with zero attached hydrogens (tertiary/aromatic N) is 1. The Labute approximate surface area is 149 Å². The fourth-order valence-corrected chi connectivity index (χ4v) is 2.74. The monoisotopic (exact) mass is 343 g/mol. The van der Waals surface area contributed by atoms with Crippen LogP contribution in [0.4, 0.5) is 0 Å². The first-order chi connectivity index (χ1) is 12.0. The normalized spacial score (nSPS) is 11.6. The zero-order chi connectivity index (χ0) is 18.4. The Kier molecular flexibility index (Phi) is 6.28. The highest BCUT2D eigenvalue weighted by Gasteiger charge is 2.21. The van der Waals surface area contributed by atoms with Gasteiger partial charge in [0.25, 0.3) is 0 Å². The molecule has 0 saturated carbocycles. The van der Waals surface area contributed by atoms with E-state index in [0.717, 1.165) is 16.9 Å². The van der Waals surface area contributed by atoms with E-state index < -0.39 is 0 Å². The third-order valence-corrected chi connectivity index (χ3v) is 4.39. The van der Waals surface area contributed by atoms with E-state index in [1.165, 1.54) is 0 Å². The predicted octanol–water partition coefficient (Wildman–Crippen LogP) is 3.47. The Bertz CT molecular complexity index is 729. The zero-order valence-corrected chi connectivity index (χ0v) is 15.4. The minimum Gasteiger partial charge on any atom is -0.497 e. The van der Waals surface area contributed by atoms with Gasteiger partial charge in [-0.3, -0.25) is 4.79 Å². The Hall–Kier alpha value is -2.69. The maximum absolute atomic E-state index is 12.8. The maximum Gasteiger partial charge on any atom is 0.227 e. The lowest BCUT2D eigenvalue weighted by atomic mass is 10.0. The van der Waals surface area contributed by atoms with Crippen LogP contribution in [0, 0.1) is 0 Å². The number of carbonyl (C=O) groups is 1. The van der Waals surface area contributed by atoms with Crippen molar-refractivity contribution in [2.24, 2.45) is 0 Å². The molecule has 0 heterocycles. The number of likely N-dealkylation sites (N-methyl/N-ethyl adjacent to an activating group) is 1. The second-order valence-electron chi connectivity index (χ2n) is 5.78. The van der Waals surface area contributed by atoms with Crippen LogP contribution in [0.3, 0.4) is 0 Å². The number of amides is 1. The topological polar surface area (TPSA) is 48.0 Å². The van der Waals surface area contributed by atoms with Crippen molar-refractivity contribution in [2.45, 2.75) is 19.4 Å². The lowest BCUT2D eigenvalue weighted by Gasteiger charge is -2.27. The van der Waals surface area contributed by atoms with Gasteiger partial charge in [-0.05, 0) is 31.2 Å². The van der Waals surface area contributed by atoms with Crippen molar-refractivity contribution < 1.29 is 19.0 Å². The average molecular weight is 343 g/mol. The Balaban J connectivity index is 2.20. The molecule has 5 heteroatoms. The van der Waals surface area contributed by atoms with Gasteiger partial charge in [0.15, 0.2) is 0 Å². The summed E-state index contributed by atoms with van der Waals surface area (Å²) in [6.45, 7) is 1.98. The fraction of sp³-hybridized carbons (Fsp3) is 0.350. The highest BCUT2D eigenvalue weighted by molar-refractivity contribution is 5.80. The quantitative estimate of drug-likeness (QED) is 0.772. The van der Waals surface area contributed by atoms with E-state index in [-0.39, 0.29) is 18.4 Å². The molecule has 0 N–H and O–H groups in total. The number of carbonyl (C=O) groups excluding carboxylic acids is 1. The maximum atomic E-state index is 12.8. The average Bonchev–Trinajstić information content (AvgIpc) is 2.66. The van der Waals surface area contributed by atoms with E-state index in [0.29, 0.717) is 11.5 Å². The van der Waals surface area contributed by atoms with Gasteiger partial charge in [-0.15, -0.1) is 0 Å². The lowest BCUT2D eigenvalue weighted by molar-refractivity contribution is -0.131. The zero-order valence-electron chi connectivity index (χ0n) is 15.4. The van der Waals surface area contributed by atoms with Crippen molar-refractivity contribution in [2.75, 3.05) is 28.4 Å². The summed E-state index contributed by atoms with van der Waals surface area (Å²) >= 11 is 0. The van der Waals surface area contributed by atoms with Gasteiger partial charge in [-0.25, -0.2) is 0 Å². The molecule has 25 heavy (non-hydrogen) atoms. The molecular formula is C20H25NO4. The van der Waals surface area contributed by atoms with E-state index in [9.17, 15) is 4.79 Å². The van der Waals surface area contributed by atoms with Gasteiger partial charge in [0.2, 0.25) is 5.91 Å². The summed E-state index contributed by atoms with van der Waals surface area (Å²) in [5.74, 6) is 2.13. The third kappa shape index (κ3) is 4.24. The molecule has 5 nitrogen and oxygen atoms in total. The second-order valence-corrected chi connectivity index (χ2v) is 5.78. The molecule has 0 spiro atoms. The van der Waals surface area contributed by atoms with Crippen LogP contribution in [-0.2, 0) is 11.2 Å². The Morgan fingerprint density at radius 2 is 1.68 bits per heavy atom. The summed E-state index contributed by atoms with van der Waals surface area (Å²) in [7, 11) is 6.63. The third-order valence-electron chi connectivity index (χ3n) is 4.39. The van der Waals surface area contributed by atoms with Crippen molar-refractivity contribution in [1.82, 2.24) is 4.90 Å². The van der Waals surface area contributed by atoms with Crippen LogP contribution in [-0.4, -0.2) is 39.2 Å². The van der Waals surface area contributed by atoms with Crippen molar-refractivity contribution in [3.63, 3.8) is 0 Å². The summed E-state index contributed by atoms with van der Waals surface area (Å²) in [6, 6.07) is 13.1. The fourth-order valence-electron chi connectivity index (χ4n) is 2.74. The molecule has 0 bridgehead atoms. The first kappa shape index (κ1) is 18.6. The number of rotatable bonds is 7. The van der Waals surface area contributed by atoms with E-state index in [1.54, 1.807) is 33.3 Å². The molecule has 0 aliphatic carbocycles. The van der Waals surface area contributed by atoms with Crippen LogP contribution in [0.5, 0.6) is 17.2 Å². The minimum atomic E-state index is -0.111. The van der Waals surface area contributed by atoms with Crippen molar-refractivity contribution in [3.8, 4) is 17.2 Å². The largest absolute Gasteiger partial charge is 0.497 e. The van der Waals surface area contributed by atoms with Crippen LogP contribution in [0.15, 0.2) is 42.5 Å². The summed E-state index contributed by atoms with van der Waals surface area (Å²) < 4.78 is 16.0. The van der Waals surface area contributed by atoms with Crippen LogP contribution >= 0.6 is 0 Å². The molecule has 0 unspecified atom stereocenters. The minimum absolute atomic E-state index is 0.00930. The number of methoxy groups -OCH3 is 3. The van der Waals surface area contributed by atoms with Gasteiger partial charge in [-0.1, -0.05) is 18.2 Å². The number of hydrogen-bond donors (Lipinski definition) is 0. The van der Waals surface area contributed by atoms with Gasteiger partial charge >= 0.3 is 0 Å². The molecule has 0 aliphatic rings. The molecular weight excluding hydrogens is 318 g/mol. The lowest BCUT2D eigenvalue weighted by Crippen LogP contribution is -2.31. The van der Waals surface area contributed by atoms with Crippen LogP contribution in [0.1, 0.15) is 24.1 Å². The number of benzene rings is 2. The van der Waals surface area contributed by atoms with E-state index in [2.05, 4.69) is 0 Å². The predicted molar refractivity (Wildman–Crippen MR) is 97.4 cm³/mol. The molecule has 0 radical (unpaired) electrons. The molecule has 0 fully saturated rings. The van der Waals surface area contributed by atoms with Gasteiger partial charge in [0, 0.05) is 18.2 Å². The molecule has 2 aromatic carbocycles. The smallest absolute Gasteiger partial charge is 0.227 e. The molecule has 2 rings (SSSR count). The summed E-state index contributed by atoms with van der Waals surface area (Å²) in [6.07, 6.45) is 0.233. The first-order valence-corrected chi connectivity index (χ1v) is 8.11. The van der Waals surface area contributed by atoms with E-state index in [1.807, 2.05) is 49.4 Å². The molecule has 2 aromatic rings. The van der Waals surface area contributed by atoms with Gasteiger partial charge in [0.05, 0.1) is 33.8 Å². The second kappa shape index (κ2) is 8.42. The summed E-state index contributed by atoms with van der Waals surface area (Å²) in [5, 5.41) is 0. The highest BCUT2D eigenvalue weighted by Crippen LogP contribution is 2.30. The van der Waals surface area contributed by atoms with Crippen molar-refractivity contribution >= 4 is 5.91 Å². The van der Waals surface area contributed by atoms with Crippen LogP contribution in [0.25, 0.3) is 0 Å². The number of hydrogen-bond acceptors (Lipinski definition) is 4. The van der Waals surface area contributed by atoms with Gasteiger partial charge in [0.1, 0.15) is 17.2 Å². The first-order valence-electron chi connectivity index (χ1n) is 8.11. The molecule has 1 amide bonds. The summed E-state index contributed by atoms with van der Waals surface area (Å²) in [4.78, 5) is 14.5. The number of para-hydroxylation sites is 1. The molecule has 0 aromatic heterocycles.